The van der Waals surface area contributed by atoms with Crippen molar-refractivity contribution in [3.8, 4) is 5.75 Å². The van der Waals surface area contributed by atoms with Crippen LogP contribution in [0.3, 0.4) is 0 Å². The number of nitrogens with zero attached hydrogens (tertiary/aromatic N) is 1. The summed E-state index contributed by atoms with van der Waals surface area (Å²) in [6.45, 7) is 2.03. The van der Waals surface area contributed by atoms with E-state index in [1.807, 2.05) is 0 Å². The van der Waals surface area contributed by atoms with Gasteiger partial charge in [0.1, 0.15) is 5.75 Å². The number of benzene rings is 1. The third-order valence-electron chi connectivity index (χ3n) is 1.58. The van der Waals surface area contributed by atoms with E-state index in [4.69, 9.17) is 10.5 Å². The fraction of sp³-hybridized carbons (Fsp3) is 0.250. The maximum absolute atomic E-state index is 13.0. The predicted molar refractivity (Wildman–Crippen MR) is 48.6 cm³/mol. The first-order valence-electron chi connectivity index (χ1n) is 3.92. The van der Waals surface area contributed by atoms with Crippen LogP contribution in [0.15, 0.2) is 12.1 Å². The van der Waals surface area contributed by atoms with Crippen molar-refractivity contribution >= 4 is 11.4 Å². The normalized spacial score (nSPS) is 9.86. The SMILES string of the molecule is CCOc1cc(F)c([N+](=O)[O-])cc1N. The van der Waals surface area contributed by atoms with Crippen molar-refractivity contribution in [3.05, 3.63) is 28.1 Å². The minimum Gasteiger partial charge on any atom is -0.492 e. The fourth-order valence-corrected chi connectivity index (χ4v) is 0.980. The molecule has 0 radical (unpaired) electrons. The number of hydrogen-bond donors (Lipinski definition) is 1. The number of rotatable bonds is 3. The van der Waals surface area contributed by atoms with E-state index in [9.17, 15) is 14.5 Å². The van der Waals surface area contributed by atoms with Gasteiger partial charge in [-0.25, -0.2) is 0 Å². The average Bonchev–Trinajstić information content (AvgIpc) is 2.10. The van der Waals surface area contributed by atoms with Gasteiger partial charge in [-0.15, -0.1) is 0 Å². The molecular weight excluding hydrogens is 191 g/mol. The molecule has 0 aliphatic heterocycles. The Bertz CT molecular complexity index is 368. The second-order valence-corrected chi connectivity index (χ2v) is 2.53. The van der Waals surface area contributed by atoms with Crippen LogP contribution >= 0.6 is 0 Å². The van der Waals surface area contributed by atoms with Gasteiger partial charge in [0.05, 0.1) is 17.2 Å². The van der Waals surface area contributed by atoms with Gasteiger partial charge >= 0.3 is 5.69 Å². The number of nitrogens with two attached hydrogens (primary N) is 1. The Labute approximate surface area is 79.4 Å². The summed E-state index contributed by atoms with van der Waals surface area (Å²) >= 11 is 0. The van der Waals surface area contributed by atoms with E-state index in [1.165, 1.54) is 0 Å². The number of anilines is 1. The molecule has 0 aliphatic carbocycles. The molecule has 0 aromatic heterocycles. The third-order valence-corrected chi connectivity index (χ3v) is 1.58. The Kier molecular flexibility index (Phi) is 2.85. The number of nitrogen functional groups attached to an aromatic ring is 1. The molecule has 1 aromatic rings. The lowest BCUT2D eigenvalue weighted by Gasteiger charge is -2.06. The van der Waals surface area contributed by atoms with Crippen molar-refractivity contribution in [2.45, 2.75) is 6.92 Å². The van der Waals surface area contributed by atoms with Crippen LogP contribution in [0.5, 0.6) is 5.75 Å². The molecule has 0 fully saturated rings. The smallest absolute Gasteiger partial charge is 0.307 e. The summed E-state index contributed by atoms with van der Waals surface area (Å²) in [5.41, 5.74) is 4.83. The molecule has 0 aliphatic rings. The Morgan fingerprint density at radius 1 is 1.64 bits per heavy atom. The molecule has 1 rings (SSSR count). The first-order chi connectivity index (χ1) is 6.56. The lowest BCUT2D eigenvalue weighted by Crippen LogP contribution is -2.00. The van der Waals surface area contributed by atoms with Gasteiger partial charge in [-0.05, 0) is 6.92 Å². The molecular formula is C8H9FN2O3. The van der Waals surface area contributed by atoms with Gasteiger partial charge in [0.15, 0.2) is 0 Å². The van der Waals surface area contributed by atoms with Gasteiger partial charge in [-0.2, -0.15) is 4.39 Å². The van der Waals surface area contributed by atoms with Crippen LogP contribution in [-0.4, -0.2) is 11.5 Å². The van der Waals surface area contributed by atoms with E-state index in [2.05, 4.69) is 0 Å². The van der Waals surface area contributed by atoms with Gasteiger partial charge in [0, 0.05) is 12.1 Å². The first kappa shape index (κ1) is 10.2. The van der Waals surface area contributed by atoms with E-state index >= 15 is 0 Å². The Balaban J connectivity index is 3.17. The summed E-state index contributed by atoms with van der Waals surface area (Å²) < 4.78 is 18.0. The van der Waals surface area contributed by atoms with Gasteiger partial charge < -0.3 is 10.5 Å². The highest BCUT2D eigenvalue weighted by atomic mass is 19.1. The first-order valence-corrected chi connectivity index (χ1v) is 3.92. The number of nitro groups is 1. The number of nitro benzene ring substituents is 1. The van der Waals surface area contributed by atoms with Crippen molar-refractivity contribution in [1.82, 2.24) is 0 Å². The maximum atomic E-state index is 13.0. The van der Waals surface area contributed by atoms with Crippen LogP contribution < -0.4 is 10.5 Å². The number of hydrogen-bond acceptors (Lipinski definition) is 4. The van der Waals surface area contributed by atoms with Crippen LogP contribution in [-0.2, 0) is 0 Å². The van der Waals surface area contributed by atoms with Crippen LogP contribution in [0.25, 0.3) is 0 Å². The topological polar surface area (TPSA) is 78.4 Å². The molecule has 0 saturated carbocycles. The minimum absolute atomic E-state index is 0.0555. The van der Waals surface area contributed by atoms with Crippen LogP contribution in [0, 0.1) is 15.9 Å². The zero-order chi connectivity index (χ0) is 10.7. The maximum Gasteiger partial charge on any atom is 0.307 e. The van der Waals surface area contributed by atoms with Crippen molar-refractivity contribution in [1.29, 1.82) is 0 Å². The Morgan fingerprint density at radius 2 is 2.29 bits per heavy atom. The molecule has 5 nitrogen and oxygen atoms in total. The molecule has 0 amide bonds. The van der Waals surface area contributed by atoms with Crippen molar-refractivity contribution in [2.24, 2.45) is 0 Å². The molecule has 1 aromatic carbocycles. The largest absolute Gasteiger partial charge is 0.492 e. The fourth-order valence-electron chi connectivity index (χ4n) is 0.980. The molecule has 0 atom stereocenters. The average molecular weight is 200 g/mol. The monoisotopic (exact) mass is 200 g/mol. The highest BCUT2D eigenvalue weighted by Gasteiger charge is 2.17. The second kappa shape index (κ2) is 3.91. The van der Waals surface area contributed by atoms with Crippen molar-refractivity contribution < 1.29 is 14.1 Å². The molecule has 0 unspecified atom stereocenters. The summed E-state index contributed by atoms with van der Waals surface area (Å²) in [6.07, 6.45) is 0. The van der Waals surface area contributed by atoms with Gasteiger partial charge in [0.2, 0.25) is 5.82 Å². The van der Waals surface area contributed by atoms with E-state index in [1.54, 1.807) is 6.92 Å². The van der Waals surface area contributed by atoms with Crippen LogP contribution in [0.1, 0.15) is 6.92 Å². The van der Waals surface area contributed by atoms with Crippen LogP contribution in [0.2, 0.25) is 0 Å². The molecule has 0 spiro atoms. The zero-order valence-corrected chi connectivity index (χ0v) is 7.49. The summed E-state index contributed by atoms with van der Waals surface area (Å²) in [7, 11) is 0. The highest BCUT2D eigenvalue weighted by Crippen LogP contribution is 2.29. The highest BCUT2D eigenvalue weighted by molar-refractivity contribution is 5.58. The molecule has 6 heteroatoms. The van der Waals surface area contributed by atoms with Crippen molar-refractivity contribution in [2.75, 3.05) is 12.3 Å². The minimum atomic E-state index is -0.951. The predicted octanol–water partition coefficient (Wildman–Crippen LogP) is 1.71. The molecule has 0 saturated heterocycles. The van der Waals surface area contributed by atoms with E-state index in [-0.39, 0.29) is 11.4 Å². The quantitative estimate of drug-likeness (QED) is 0.457. The van der Waals surface area contributed by atoms with Gasteiger partial charge in [-0.1, -0.05) is 0 Å². The van der Waals surface area contributed by atoms with Crippen molar-refractivity contribution in [3.63, 3.8) is 0 Å². The van der Waals surface area contributed by atoms with Crippen LogP contribution in [0.4, 0.5) is 15.8 Å². The van der Waals surface area contributed by atoms with E-state index < -0.39 is 16.4 Å². The summed E-state index contributed by atoms with van der Waals surface area (Å²) in [4.78, 5) is 9.48. The second-order valence-electron chi connectivity index (χ2n) is 2.53. The van der Waals surface area contributed by atoms with Gasteiger partial charge in [0.25, 0.3) is 0 Å². The number of ether oxygens (including phenoxy) is 1. The summed E-state index contributed by atoms with van der Waals surface area (Å²) in [5.74, 6) is -0.830. The molecule has 76 valence electrons. The third kappa shape index (κ3) is 1.90. The Hall–Kier alpha value is -1.85. The number of halogens is 1. The summed E-state index contributed by atoms with van der Waals surface area (Å²) in [5, 5.41) is 10.3. The van der Waals surface area contributed by atoms with Gasteiger partial charge in [-0.3, -0.25) is 10.1 Å². The standard InChI is InChI=1S/C8H9FN2O3/c1-2-14-8-3-5(9)7(11(12)13)4-6(8)10/h3-4H,2,10H2,1H3. The summed E-state index contributed by atoms with van der Waals surface area (Å²) in [6, 6.07) is 1.86. The molecule has 0 bridgehead atoms. The Morgan fingerprint density at radius 3 is 2.79 bits per heavy atom. The lowest BCUT2D eigenvalue weighted by molar-refractivity contribution is -0.387. The van der Waals surface area contributed by atoms with E-state index in [0.29, 0.717) is 6.61 Å². The molecule has 14 heavy (non-hydrogen) atoms. The molecule has 2 N–H and O–H groups in total. The van der Waals surface area contributed by atoms with E-state index in [0.717, 1.165) is 12.1 Å². The lowest BCUT2D eigenvalue weighted by atomic mass is 10.2. The molecule has 0 heterocycles. The zero-order valence-electron chi connectivity index (χ0n) is 7.49.